The van der Waals surface area contributed by atoms with E-state index in [9.17, 15) is 0 Å². The average molecular weight is 873 g/mol. The molecule has 5 N–H and O–H groups in total. The second-order valence-electron chi connectivity index (χ2n) is 14.1. The van der Waals surface area contributed by atoms with Crippen LogP contribution in [0, 0.1) is 13.8 Å². The van der Waals surface area contributed by atoms with Crippen LogP contribution in [-0.4, -0.2) is 25.5 Å². The first kappa shape index (κ1) is 64.2. The van der Waals surface area contributed by atoms with E-state index in [0.29, 0.717) is 28.7 Å². The van der Waals surface area contributed by atoms with E-state index in [1.54, 1.807) is 60.7 Å². The minimum Gasteiger partial charge on any atom is -0.508 e. The number of phenolic OH excluding ortho intramolecular Hbond substituents is 5. The van der Waals surface area contributed by atoms with Crippen molar-refractivity contribution < 1.29 is 25.5 Å². The van der Waals surface area contributed by atoms with Crippen LogP contribution >= 0.6 is 0 Å². The predicted octanol–water partition coefficient (Wildman–Crippen LogP) is 18.6. The van der Waals surface area contributed by atoms with Crippen LogP contribution in [0.3, 0.4) is 0 Å². The molecule has 0 radical (unpaired) electrons. The molecular weight excluding hydrogens is 789 g/mol. The summed E-state index contributed by atoms with van der Waals surface area (Å²) in [5.41, 5.74) is 2.34. The van der Waals surface area contributed by atoms with Crippen molar-refractivity contribution >= 4 is 32.3 Å². The van der Waals surface area contributed by atoms with Gasteiger partial charge in [-0.15, -0.1) is 0 Å². The molecule has 0 spiro atoms. The zero-order valence-corrected chi connectivity index (χ0v) is 38.3. The fourth-order valence-corrected chi connectivity index (χ4v) is 4.62. The Hall–Kier alpha value is -6.46. The van der Waals surface area contributed by atoms with Gasteiger partial charge < -0.3 is 25.5 Å². The van der Waals surface area contributed by atoms with Crippen LogP contribution in [0.2, 0.25) is 0 Å². The van der Waals surface area contributed by atoms with Gasteiger partial charge in [0, 0.05) is 0 Å². The Morgan fingerprint density at radius 3 is 0.609 bits per heavy atom. The maximum atomic E-state index is 9.13. The molecule has 0 saturated heterocycles. The number of hydrogen-bond donors (Lipinski definition) is 5. The Labute approximate surface area is 389 Å². The number of fused-ring (bicyclic) bond motifs is 3. The van der Waals surface area contributed by atoms with E-state index in [1.165, 1.54) is 36.8 Å². The molecule has 0 saturated carbocycles. The van der Waals surface area contributed by atoms with Crippen molar-refractivity contribution in [3.05, 3.63) is 187 Å². The predicted molar refractivity (Wildman–Crippen MR) is 287 cm³/mol. The van der Waals surface area contributed by atoms with Gasteiger partial charge in [-0.05, 0) is 107 Å². The van der Waals surface area contributed by atoms with E-state index >= 15 is 0 Å². The summed E-state index contributed by atoms with van der Waals surface area (Å²) in [6.07, 6.45) is 5.00. The first-order chi connectivity index (χ1) is 29.3. The molecule has 0 unspecified atom stereocenters. The summed E-state index contributed by atoms with van der Waals surface area (Å²) < 4.78 is 0. The Morgan fingerprint density at radius 2 is 0.422 bits per heavy atom. The van der Waals surface area contributed by atoms with Gasteiger partial charge in [-0.1, -0.05) is 230 Å². The van der Waals surface area contributed by atoms with Gasteiger partial charge in [0.05, 0.1) is 0 Å². The Morgan fingerprint density at radius 1 is 0.250 bits per heavy atom. The number of hydrogen-bond acceptors (Lipinski definition) is 5. The highest BCUT2D eigenvalue weighted by molar-refractivity contribution is 5.85. The van der Waals surface area contributed by atoms with Crippen molar-refractivity contribution in [1.82, 2.24) is 0 Å². The zero-order valence-electron chi connectivity index (χ0n) is 38.3. The summed E-state index contributed by atoms with van der Waals surface area (Å²) in [4.78, 5) is 0. The third-order valence-electron chi connectivity index (χ3n) is 7.27. The van der Waals surface area contributed by atoms with Crippen molar-refractivity contribution in [2.75, 3.05) is 0 Å². The Bertz CT molecular complexity index is 1990. The molecular formula is C59H84O5. The second-order valence-corrected chi connectivity index (χ2v) is 14.1. The SMILES string of the molecule is C.C.C.CCC.CCC.CCC.CCC.Cc1ccc(O)cc1.Cc1ccc(O)cc1.Oc1ccc2ccccc2c1.Oc1ccc2ccccc2c1.Oc1ccc2ccccc2c1. The van der Waals surface area contributed by atoms with Crippen molar-refractivity contribution in [3.63, 3.8) is 0 Å². The van der Waals surface area contributed by atoms with E-state index in [2.05, 4.69) is 55.4 Å². The van der Waals surface area contributed by atoms with Crippen molar-refractivity contribution in [1.29, 1.82) is 0 Å². The van der Waals surface area contributed by atoms with Gasteiger partial charge in [0.25, 0.3) is 0 Å². The van der Waals surface area contributed by atoms with E-state index in [1.807, 2.05) is 129 Å². The molecule has 64 heavy (non-hydrogen) atoms. The molecule has 350 valence electrons. The van der Waals surface area contributed by atoms with Crippen LogP contribution < -0.4 is 0 Å². The van der Waals surface area contributed by atoms with Crippen LogP contribution in [0.15, 0.2) is 176 Å². The van der Waals surface area contributed by atoms with Crippen molar-refractivity contribution in [2.45, 2.75) is 117 Å². The normalized spacial score (nSPS) is 8.66. The number of rotatable bonds is 0. The average Bonchev–Trinajstić information content (AvgIpc) is 3.25. The summed E-state index contributed by atoms with van der Waals surface area (Å²) in [6, 6.07) is 54.1. The molecule has 5 heteroatoms. The van der Waals surface area contributed by atoms with E-state index in [0.717, 1.165) is 32.3 Å². The highest BCUT2D eigenvalue weighted by Gasteiger charge is 1.93. The molecule has 0 bridgehead atoms. The molecule has 0 fully saturated rings. The number of benzene rings is 8. The molecule has 0 atom stereocenters. The molecule has 0 amide bonds. The molecule has 5 nitrogen and oxygen atoms in total. The number of phenols is 5. The van der Waals surface area contributed by atoms with Gasteiger partial charge in [-0.2, -0.15) is 0 Å². The third kappa shape index (κ3) is 30.5. The molecule has 0 aliphatic rings. The summed E-state index contributed by atoms with van der Waals surface area (Å²) in [5.74, 6) is 1.63. The monoisotopic (exact) mass is 873 g/mol. The molecule has 8 aromatic rings. The van der Waals surface area contributed by atoms with Crippen LogP contribution in [0.5, 0.6) is 28.7 Å². The highest BCUT2D eigenvalue weighted by atomic mass is 16.3. The van der Waals surface area contributed by atoms with Crippen LogP contribution in [0.25, 0.3) is 32.3 Å². The quantitative estimate of drug-likeness (QED) is 0.104. The van der Waals surface area contributed by atoms with Gasteiger partial charge in [-0.3, -0.25) is 0 Å². The van der Waals surface area contributed by atoms with Crippen LogP contribution in [0.1, 0.15) is 114 Å². The Balaban J connectivity index is -0.000000329. The van der Waals surface area contributed by atoms with Crippen molar-refractivity contribution in [2.24, 2.45) is 0 Å². The lowest BCUT2D eigenvalue weighted by molar-refractivity contribution is 0.474. The molecule has 8 aromatic carbocycles. The van der Waals surface area contributed by atoms with Crippen LogP contribution in [0.4, 0.5) is 0 Å². The molecule has 0 aliphatic heterocycles. The number of aryl methyl sites for hydroxylation is 2. The fraction of sp³-hybridized carbons (Fsp3) is 0.288. The fourth-order valence-electron chi connectivity index (χ4n) is 4.62. The third-order valence-corrected chi connectivity index (χ3v) is 7.27. The smallest absolute Gasteiger partial charge is 0.116 e. The molecule has 0 heterocycles. The second kappa shape index (κ2) is 40.6. The van der Waals surface area contributed by atoms with Crippen molar-refractivity contribution in [3.8, 4) is 28.7 Å². The number of aromatic hydroxyl groups is 5. The maximum absolute atomic E-state index is 9.13. The molecule has 0 aliphatic carbocycles. The summed E-state index contributed by atoms with van der Waals surface area (Å²) >= 11 is 0. The lowest BCUT2D eigenvalue weighted by Crippen LogP contribution is -1.69. The van der Waals surface area contributed by atoms with Gasteiger partial charge in [0.1, 0.15) is 28.7 Å². The Kier molecular flexibility index (Phi) is 40.7. The molecule has 8 rings (SSSR count). The van der Waals surface area contributed by atoms with Gasteiger partial charge in [0.15, 0.2) is 0 Å². The van der Waals surface area contributed by atoms with E-state index < -0.39 is 0 Å². The largest absolute Gasteiger partial charge is 0.508 e. The first-order valence-electron chi connectivity index (χ1n) is 21.4. The van der Waals surface area contributed by atoms with Crippen LogP contribution in [-0.2, 0) is 0 Å². The maximum Gasteiger partial charge on any atom is 0.116 e. The lowest BCUT2D eigenvalue weighted by Gasteiger charge is -1.96. The van der Waals surface area contributed by atoms with Gasteiger partial charge in [0.2, 0.25) is 0 Å². The standard InChI is InChI=1S/3C10H8O.2C7H8O.4C3H8.3CH4/c3*11-10-6-5-8-3-1-2-4-9(8)7-10;2*1-6-2-4-7(8)5-3-6;4*1-3-2;;;/h3*1-7,11H;2*2-5,8H,1H3;4*3H2,1-2H3;3*1H4. The first-order valence-corrected chi connectivity index (χ1v) is 21.4. The minimum atomic E-state index is 0. The van der Waals surface area contributed by atoms with Gasteiger partial charge >= 0.3 is 0 Å². The summed E-state index contributed by atoms with van der Waals surface area (Å²) in [6.45, 7) is 21.0. The summed E-state index contributed by atoms with van der Waals surface area (Å²) in [5, 5.41) is 51.6. The minimum absolute atomic E-state index is 0. The topological polar surface area (TPSA) is 101 Å². The highest BCUT2D eigenvalue weighted by Crippen LogP contribution is 2.20. The molecule has 0 aromatic heterocycles. The van der Waals surface area contributed by atoms with E-state index in [-0.39, 0.29) is 22.3 Å². The summed E-state index contributed by atoms with van der Waals surface area (Å²) in [7, 11) is 0. The van der Waals surface area contributed by atoms with E-state index in [4.69, 9.17) is 25.5 Å². The zero-order chi connectivity index (χ0) is 45.8. The van der Waals surface area contributed by atoms with Gasteiger partial charge in [-0.25, -0.2) is 0 Å². The lowest BCUT2D eigenvalue weighted by atomic mass is 10.1.